The first-order valence-electron chi connectivity index (χ1n) is 3.58. The molecule has 0 aliphatic rings. The maximum Gasteiger partial charge on any atom is 0.0389 e. The van der Waals surface area contributed by atoms with Gasteiger partial charge in [-0.3, -0.25) is 0 Å². The molecule has 0 fully saturated rings. The maximum absolute atomic E-state index is 8.90. The van der Waals surface area contributed by atoms with Crippen molar-refractivity contribution in [3.63, 3.8) is 0 Å². The van der Waals surface area contributed by atoms with Crippen LogP contribution in [0.1, 0.15) is 13.8 Å². The second kappa shape index (κ2) is 5.61. The van der Waals surface area contributed by atoms with Crippen LogP contribution in [0.4, 0.5) is 0 Å². The smallest absolute Gasteiger partial charge is 0.0389 e. The van der Waals surface area contributed by atoms with Gasteiger partial charge in [-0.2, -0.15) is 10.1 Å². The van der Waals surface area contributed by atoms with Gasteiger partial charge in [0.1, 0.15) is 0 Å². The Labute approximate surface area is 61.6 Å². The van der Waals surface area contributed by atoms with Crippen LogP contribution in [-0.2, 0) is 0 Å². The molecule has 0 saturated heterocycles. The van der Waals surface area contributed by atoms with Gasteiger partial charge in [-0.15, -0.1) is 0 Å². The standard InChI is InChI=1S/C6H16N2O2/c1-3-7(9)5-6-8(10)4-2/h9-10H,3-6H2,1-2H3. The van der Waals surface area contributed by atoms with Crippen LogP contribution in [0.3, 0.4) is 0 Å². The van der Waals surface area contributed by atoms with Gasteiger partial charge in [0.15, 0.2) is 0 Å². The Balaban J connectivity index is 3.17. The highest BCUT2D eigenvalue weighted by atomic mass is 16.5. The van der Waals surface area contributed by atoms with Crippen LogP contribution < -0.4 is 0 Å². The number of rotatable bonds is 5. The first kappa shape index (κ1) is 9.84. The largest absolute Gasteiger partial charge is 0.314 e. The monoisotopic (exact) mass is 148 g/mol. The Kier molecular flexibility index (Phi) is 5.52. The molecule has 0 aromatic carbocycles. The molecule has 0 aliphatic carbocycles. The number of likely N-dealkylation sites (N-methyl/N-ethyl adjacent to an activating group) is 2. The zero-order chi connectivity index (χ0) is 7.98. The summed E-state index contributed by atoms with van der Waals surface area (Å²) < 4.78 is 0. The molecule has 0 rings (SSSR count). The van der Waals surface area contributed by atoms with Crippen LogP contribution in [0.5, 0.6) is 0 Å². The minimum absolute atomic E-state index is 0.487. The molecule has 0 spiro atoms. The Hall–Kier alpha value is -0.160. The van der Waals surface area contributed by atoms with Gasteiger partial charge < -0.3 is 10.4 Å². The van der Waals surface area contributed by atoms with Crippen LogP contribution in [0.25, 0.3) is 0 Å². The predicted molar refractivity (Wildman–Crippen MR) is 38.1 cm³/mol. The molecule has 4 heteroatoms. The van der Waals surface area contributed by atoms with E-state index in [1.165, 1.54) is 10.1 Å². The van der Waals surface area contributed by atoms with Crippen molar-refractivity contribution in [3.8, 4) is 0 Å². The maximum atomic E-state index is 8.90. The molecule has 0 saturated carbocycles. The second-order valence-corrected chi connectivity index (χ2v) is 2.09. The summed E-state index contributed by atoms with van der Waals surface area (Å²) in [6.45, 7) is 5.87. The fourth-order valence-electron chi connectivity index (χ4n) is 0.547. The third-order valence-electron chi connectivity index (χ3n) is 1.35. The van der Waals surface area contributed by atoms with Crippen molar-refractivity contribution in [2.75, 3.05) is 26.2 Å². The zero-order valence-electron chi connectivity index (χ0n) is 6.62. The van der Waals surface area contributed by atoms with E-state index in [2.05, 4.69) is 0 Å². The molecular formula is C6H16N2O2. The van der Waals surface area contributed by atoms with Gasteiger partial charge in [0, 0.05) is 26.2 Å². The van der Waals surface area contributed by atoms with Crippen molar-refractivity contribution in [1.82, 2.24) is 10.1 Å². The SMILES string of the molecule is CCN(O)CCN(O)CC. The summed E-state index contributed by atoms with van der Waals surface area (Å²) >= 11 is 0. The molecule has 4 nitrogen and oxygen atoms in total. The molecule has 0 bridgehead atoms. The second-order valence-electron chi connectivity index (χ2n) is 2.09. The van der Waals surface area contributed by atoms with Gasteiger partial charge in [-0.05, 0) is 0 Å². The molecule has 0 aliphatic heterocycles. The minimum Gasteiger partial charge on any atom is -0.314 e. The Morgan fingerprint density at radius 3 is 1.40 bits per heavy atom. The number of hydrogen-bond acceptors (Lipinski definition) is 4. The highest BCUT2D eigenvalue weighted by molar-refractivity contribution is 4.44. The van der Waals surface area contributed by atoms with Crippen molar-refractivity contribution < 1.29 is 10.4 Å². The van der Waals surface area contributed by atoms with Crippen LogP contribution >= 0.6 is 0 Å². The summed E-state index contributed by atoms with van der Waals surface area (Å²) in [5, 5.41) is 20.1. The van der Waals surface area contributed by atoms with Gasteiger partial charge in [-0.25, -0.2) is 0 Å². The lowest BCUT2D eigenvalue weighted by Gasteiger charge is -2.16. The molecule has 10 heavy (non-hydrogen) atoms. The summed E-state index contributed by atoms with van der Waals surface area (Å²) in [6, 6.07) is 0. The lowest BCUT2D eigenvalue weighted by Crippen LogP contribution is -2.31. The summed E-state index contributed by atoms with van der Waals surface area (Å²) in [5.41, 5.74) is 0. The molecule has 0 aromatic heterocycles. The fourth-order valence-corrected chi connectivity index (χ4v) is 0.547. The Morgan fingerprint density at radius 2 is 1.20 bits per heavy atom. The van der Waals surface area contributed by atoms with E-state index in [1.807, 2.05) is 13.8 Å². The van der Waals surface area contributed by atoms with Crippen molar-refractivity contribution in [2.24, 2.45) is 0 Å². The van der Waals surface area contributed by atoms with E-state index in [1.54, 1.807) is 0 Å². The molecular weight excluding hydrogens is 132 g/mol. The van der Waals surface area contributed by atoms with E-state index in [-0.39, 0.29) is 0 Å². The quantitative estimate of drug-likeness (QED) is 0.554. The predicted octanol–water partition coefficient (Wildman–Crippen LogP) is 0.409. The van der Waals surface area contributed by atoms with Crippen LogP contribution in [0, 0.1) is 0 Å². The van der Waals surface area contributed by atoms with E-state index in [9.17, 15) is 0 Å². The Bertz CT molecular complexity index is 70.1. The van der Waals surface area contributed by atoms with Crippen molar-refractivity contribution >= 4 is 0 Å². The van der Waals surface area contributed by atoms with Crippen LogP contribution in [0.2, 0.25) is 0 Å². The molecule has 2 N–H and O–H groups in total. The van der Waals surface area contributed by atoms with Gasteiger partial charge in [0.05, 0.1) is 0 Å². The van der Waals surface area contributed by atoms with Crippen molar-refractivity contribution in [3.05, 3.63) is 0 Å². The first-order chi connectivity index (χ1) is 4.70. The lowest BCUT2D eigenvalue weighted by molar-refractivity contribution is -0.133. The van der Waals surface area contributed by atoms with Crippen molar-refractivity contribution in [2.45, 2.75) is 13.8 Å². The molecule has 62 valence electrons. The Morgan fingerprint density at radius 1 is 0.900 bits per heavy atom. The molecule has 0 radical (unpaired) electrons. The van der Waals surface area contributed by atoms with Crippen molar-refractivity contribution in [1.29, 1.82) is 0 Å². The number of hydroxylamine groups is 4. The normalized spacial score (nSPS) is 11.4. The van der Waals surface area contributed by atoms with Gasteiger partial charge in [0.2, 0.25) is 0 Å². The van der Waals surface area contributed by atoms with E-state index in [0.717, 1.165) is 0 Å². The van der Waals surface area contributed by atoms with Gasteiger partial charge >= 0.3 is 0 Å². The zero-order valence-corrected chi connectivity index (χ0v) is 6.62. The van der Waals surface area contributed by atoms with E-state index >= 15 is 0 Å². The summed E-state index contributed by atoms with van der Waals surface area (Å²) in [4.78, 5) is 0. The number of hydrogen-bond donors (Lipinski definition) is 2. The number of nitrogens with zero attached hydrogens (tertiary/aromatic N) is 2. The average Bonchev–Trinajstić information content (AvgIpc) is 1.99. The third kappa shape index (κ3) is 4.69. The lowest BCUT2D eigenvalue weighted by atomic mass is 10.5. The molecule has 0 amide bonds. The third-order valence-corrected chi connectivity index (χ3v) is 1.35. The highest BCUT2D eigenvalue weighted by Gasteiger charge is 1.99. The van der Waals surface area contributed by atoms with E-state index < -0.39 is 0 Å². The molecule has 0 aromatic rings. The minimum atomic E-state index is 0.487. The summed E-state index contributed by atoms with van der Waals surface area (Å²) in [7, 11) is 0. The van der Waals surface area contributed by atoms with Gasteiger partial charge in [-0.1, -0.05) is 13.8 Å². The fraction of sp³-hybridized carbons (Fsp3) is 1.00. The molecule has 0 heterocycles. The van der Waals surface area contributed by atoms with E-state index in [4.69, 9.17) is 10.4 Å². The first-order valence-corrected chi connectivity index (χ1v) is 3.58. The van der Waals surface area contributed by atoms with Crippen LogP contribution in [0.15, 0.2) is 0 Å². The summed E-state index contributed by atoms with van der Waals surface area (Å²) in [5.74, 6) is 0. The average molecular weight is 148 g/mol. The summed E-state index contributed by atoms with van der Waals surface area (Å²) in [6.07, 6.45) is 0. The van der Waals surface area contributed by atoms with Gasteiger partial charge in [0.25, 0.3) is 0 Å². The molecule has 0 atom stereocenters. The topological polar surface area (TPSA) is 46.9 Å². The highest BCUT2D eigenvalue weighted by Crippen LogP contribution is 1.83. The van der Waals surface area contributed by atoms with E-state index in [0.29, 0.717) is 26.2 Å². The van der Waals surface area contributed by atoms with Crippen LogP contribution in [-0.4, -0.2) is 46.7 Å². The molecule has 0 unspecified atom stereocenters.